The summed E-state index contributed by atoms with van der Waals surface area (Å²) < 4.78 is 5.36. The first-order valence-corrected chi connectivity index (χ1v) is 7.00. The number of hydrogen-bond acceptors (Lipinski definition) is 3. The first kappa shape index (κ1) is 14.6. The molecule has 1 heterocycles. The Bertz CT molecular complexity index is 484. The van der Waals surface area contributed by atoms with Gasteiger partial charge >= 0.3 is 5.97 Å². The molecule has 4 nitrogen and oxygen atoms in total. The molecule has 0 bridgehead atoms. The van der Waals surface area contributed by atoms with Crippen molar-refractivity contribution >= 4 is 11.9 Å². The van der Waals surface area contributed by atoms with Crippen LogP contribution >= 0.6 is 0 Å². The molecule has 20 heavy (non-hydrogen) atoms. The highest BCUT2D eigenvalue weighted by molar-refractivity contribution is 5.92. The van der Waals surface area contributed by atoms with Crippen LogP contribution in [0.25, 0.3) is 0 Å². The van der Waals surface area contributed by atoms with Crippen LogP contribution < -0.4 is 0 Å². The van der Waals surface area contributed by atoms with Gasteiger partial charge in [0.2, 0.25) is 0 Å². The molecule has 1 aliphatic rings. The van der Waals surface area contributed by atoms with E-state index in [1.165, 1.54) is 0 Å². The molecule has 1 aliphatic heterocycles. The van der Waals surface area contributed by atoms with Crippen molar-refractivity contribution in [3.05, 3.63) is 35.9 Å². The molecular formula is C16H21NO3. The number of benzene rings is 1. The lowest BCUT2D eigenvalue weighted by Crippen LogP contribution is -2.55. The number of hydrogen-bond donors (Lipinski definition) is 0. The third-order valence-electron chi connectivity index (χ3n) is 3.58. The Morgan fingerprint density at radius 1 is 1.20 bits per heavy atom. The van der Waals surface area contributed by atoms with E-state index in [1.807, 2.05) is 44.2 Å². The summed E-state index contributed by atoms with van der Waals surface area (Å²) in [6, 6.07) is 9.16. The third kappa shape index (κ3) is 3.18. The second-order valence-electron chi connectivity index (χ2n) is 5.71. The Morgan fingerprint density at radius 2 is 1.85 bits per heavy atom. The van der Waals surface area contributed by atoms with Crippen LogP contribution in [0.3, 0.4) is 0 Å². The van der Waals surface area contributed by atoms with Crippen LogP contribution in [0.2, 0.25) is 0 Å². The summed E-state index contributed by atoms with van der Waals surface area (Å²) >= 11 is 0. The van der Waals surface area contributed by atoms with Gasteiger partial charge in [-0.3, -0.25) is 4.79 Å². The molecule has 1 aromatic rings. The second kappa shape index (κ2) is 6.07. The molecule has 2 unspecified atom stereocenters. The van der Waals surface area contributed by atoms with Crippen molar-refractivity contribution in [2.24, 2.45) is 5.92 Å². The monoisotopic (exact) mass is 275 g/mol. The number of carbonyl (C=O) groups excluding carboxylic acids is 2. The van der Waals surface area contributed by atoms with Gasteiger partial charge in [-0.05, 0) is 17.9 Å². The van der Waals surface area contributed by atoms with Gasteiger partial charge in [0, 0.05) is 13.5 Å². The van der Waals surface area contributed by atoms with Gasteiger partial charge < -0.3 is 9.64 Å². The minimum Gasteiger partial charge on any atom is -0.450 e. The SMILES string of the molecule is CC(C)CC1C(=O)OC(Cc2ccccc2)C(=O)N1C. The Kier molecular flexibility index (Phi) is 4.42. The van der Waals surface area contributed by atoms with Crippen molar-refractivity contribution < 1.29 is 14.3 Å². The number of esters is 1. The first-order chi connectivity index (χ1) is 9.49. The predicted molar refractivity (Wildman–Crippen MR) is 76.0 cm³/mol. The van der Waals surface area contributed by atoms with Gasteiger partial charge in [0.05, 0.1) is 0 Å². The zero-order chi connectivity index (χ0) is 14.7. The van der Waals surface area contributed by atoms with Gasteiger partial charge in [-0.15, -0.1) is 0 Å². The molecule has 0 spiro atoms. The fourth-order valence-corrected chi connectivity index (χ4v) is 2.47. The van der Waals surface area contributed by atoms with E-state index in [1.54, 1.807) is 11.9 Å². The smallest absolute Gasteiger partial charge is 0.329 e. The zero-order valence-corrected chi connectivity index (χ0v) is 12.2. The van der Waals surface area contributed by atoms with Gasteiger partial charge in [-0.2, -0.15) is 0 Å². The summed E-state index contributed by atoms with van der Waals surface area (Å²) in [4.78, 5) is 25.9. The molecule has 0 radical (unpaired) electrons. The van der Waals surface area contributed by atoms with Crippen LogP contribution in [0.1, 0.15) is 25.8 Å². The van der Waals surface area contributed by atoms with E-state index < -0.39 is 12.1 Å². The number of amides is 1. The highest BCUT2D eigenvalue weighted by Crippen LogP contribution is 2.21. The molecule has 0 aliphatic carbocycles. The Hall–Kier alpha value is -1.84. The Labute approximate surface area is 119 Å². The normalized spacial score (nSPS) is 23.1. The number of rotatable bonds is 4. The summed E-state index contributed by atoms with van der Waals surface area (Å²) in [7, 11) is 1.69. The maximum atomic E-state index is 12.3. The lowest BCUT2D eigenvalue weighted by molar-refractivity contribution is -0.177. The zero-order valence-electron chi connectivity index (χ0n) is 12.2. The Balaban J connectivity index is 2.08. The van der Waals surface area contributed by atoms with E-state index in [0.717, 1.165) is 5.56 Å². The topological polar surface area (TPSA) is 46.6 Å². The van der Waals surface area contributed by atoms with E-state index in [-0.39, 0.29) is 11.9 Å². The van der Waals surface area contributed by atoms with Crippen LogP contribution in [0, 0.1) is 5.92 Å². The number of cyclic esters (lactones) is 1. The van der Waals surface area contributed by atoms with Crippen LogP contribution in [0.15, 0.2) is 30.3 Å². The van der Waals surface area contributed by atoms with Gasteiger partial charge in [-0.25, -0.2) is 4.79 Å². The second-order valence-corrected chi connectivity index (χ2v) is 5.71. The van der Waals surface area contributed by atoms with E-state index in [0.29, 0.717) is 18.8 Å². The van der Waals surface area contributed by atoms with Crippen molar-refractivity contribution in [3.8, 4) is 0 Å². The highest BCUT2D eigenvalue weighted by atomic mass is 16.6. The van der Waals surface area contributed by atoms with Gasteiger partial charge in [0.1, 0.15) is 6.04 Å². The molecule has 4 heteroatoms. The van der Waals surface area contributed by atoms with Crippen LogP contribution in [0.4, 0.5) is 0 Å². The molecule has 2 atom stereocenters. The van der Waals surface area contributed by atoms with Crippen molar-refractivity contribution in [2.45, 2.75) is 38.8 Å². The largest absolute Gasteiger partial charge is 0.450 e. The first-order valence-electron chi connectivity index (χ1n) is 7.00. The fourth-order valence-electron chi connectivity index (χ4n) is 2.47. The van der Waals surface area contributed by atoms with Gasteiger partial charge in [-0.1, -0.05) is 44.2 Å². The summed E-state index contributed by atoms with van der Waals surface area (Å²) in [5, 5.41) is 0. The van der Waals surface area contributed by atoms with Crippen LogP contribution in [0.5, 0.6) is 0 Å². The molecule has 1 amide bonds. The van der Waals surface area contributed by atoms with E-state index >= 15 is 0 Å². The molecule has 1 saturated heterocycles. The van der Waals surface area contributed by atoms with Crippen LogP contribution in [-0.2, 0) is 20.7 Å². The maximum Gasteiger partial charge on any atom is 0.329 e. The summed E-state index contributed by atoms with van der Waals surface area (Å²) in [6.07, 6.45) is 0.377. The number of ether oxygens (including phenoxy) is 1. The summed E-state index contributed by atoms with van der Waals surface area (Å²) in [6.45, 7) is 4.06. The van der Waals surface area contributed by atoms with E-state index in [4.69, 9.17) is 4.74 Å². The summed E-state index contributed by atoms with van der Waals surface area (Å²) in [5.74, 6) is -0.0608. The average molecular weight is 275 g/mol. The minimum atomic E-state index is -0.696. The van der Waals surface area contributed by atoms with Crippen LogP contribution in [-0.4, -0.2) is 36.0 Å². The molecule has 0 saturated carbocycles. The highest BCUT2D eigenvalue weighted by Gasteiger charge is 2.40. The van der Waals surface area contributed by atoms with E-state index in [9.17, 15) is 9.59 Å². The fraction of sp³-hybridized carbons (Fsp3) is 0.500. The molecule has 1 aromatic carbocycles. The molecule has 108 valence electrons. The minimum absolute atomic E-state index is 0.112. The quantitative estimate of drug-likeness (QED) is 0.790. The van der Waals surface area contributed by atoms with Crippen molar-refractivity contribution in [1.82, 2.24) is 4.90 Å². The average Bonchev–Trinajstić information content (AvgIpc) is 2.42. The van der Waals surface area contributed by atoms with Crippen molar-refractivity contribution in [1.29, 1.82) is 0 Å². The van der Waals surface area contributed by atoms with Crippen molar-refractivity contribution in [3.63, 3.8) is 0 Å². The molecule has 0 N–H and O–H groups in total. The lowest BCUT2D eigenvalue weighted by Gasteiger charge is -2.36. The number of likely N-dealkylation sites (N-methyl/N-ethyl adjacent to an activating group) is 1. The lowest BCUT2D eigenvalue weighted by atomic mass is 9.99. The number of morpholine rings is 1. The molecular weight excluding hydrogens is 254 g/mol. The molecule has 1 fully saturated rings. The van der Waals surface area contributed by atoms with Gasteiger partial charge in [0.25, 0.3) is 5.91 Å². The third-order valence-corrected chi connectivity index (χ3v) is 3.58. The maximum absolute atomic E-state index is 12.3. The number of nitrogens with zero attached hydrogens (tertiary/aromatic N) is 1. The summed E-state index contributed by atoms with van der Waals surface area (Å²) in [5.41, 5.74) is 0.995. The number of carbonyl (C=O) groups is 2. The molecule has 0 aromatic heterocycles. The Morgan fingerprint density at radius 3 is 2.45 bits per heavy atom. The van der Waals surface area contributed by atoms with E-state index in [2.05, 4.69) is 0 Å². The van der Waals surface area contributed by atoms with Crippen molar-refractivity contribution in [2.75, 3.05) is 7.05 Å². The standard InChI is InChI=1S/C16H21NO3/c1-11(2)9-13-16(19)20-14(15(18)17(13)3)10-12-7-5-4-6-8-12/h4-8,11,13-14H,9-10H2,1-3H3. The molecule has 2 rings (SSSR count). The van der Waals surface area contributed by atoms with Gasteiger partial charge in [0.15, 0.2) is 6.10 Å². The predicted octanol–water partition coefficient (Wildman–Crippen LogP) is 2.03.